The van der Waals surface area contributed by atoms with Crippen molar-refractivity contribution in [3.05, 3.63) is 77.6 Å². The van der Waals surface area contributed by atoms with Crippen molar-refractivity contribution in [3.8, 4) is 5.75 Å². The Morgan fingerprint density at radius 2 is 1.88 bits per heavy atom. The second kappa shape index (κ2) is 9.39. The third kappa shape index (κ3) is 4.44. The van der Waals surface area contributed by atoms with Crippen molar-refractivity contribution < 1.29 is 18.7 Å². The molecule has 4 rings (SSSR count). The lowest BCUT2D eigenvalue weighted by atomic mass is 9.95. The lowest BCUT2D eigenvalue weighted by Crippen LogP contribution is -2.45. The first-order valence-corrected chi connectivity index (χ1v) is 10.8. The number of halogens is 1. The summed E-state index contributed by atoms with van der Waals surface area (Å²) in [6.07, 6.45) is 1.50. The van der Waals surface area contributed by atoms with E-state index >= 15 is 0 Å². The van der Waals surface area contributed by atoms with Gasteiger partial charge in [-0.15, -0.1) is 0 Å². The van der Waals surface area contributed by atoms with E-state index in [-0.39, 0.29) is 23.5 Å². The first kappa shape index (κ1) is 21.8. The Bertz CT molecular complexity index is 1150. The van der Waals surface area contributed by atoms with Crippen LogP contribution < -0.4 is 4.74 Å². The molecule has 0 unspecified atom stereocenters. The second-order valence-electron chi connectivity index (χ2n) is 8.28. The lowest BCUT2D eigenvalue weighted by molar-refractivity contribution is -0.136. The molecule has 1 saturated heterocycles. The molecule has 5 nitrogen and oxygen atoms in total. The lowest BCUT2D eigenvalue weighted by Gasteiger charge is -2.34. The van der Waals surface area contributed by atoms with Gasteiger partial charge in [-0.25, -0.2) is 4.39 Å². The van der Waals surface area contributed by atoms with Crippen molar-refractivity contribution in [2.45, 2.75) is 19.4 Å². The average molecular weight is 435 g/mol. The third-order valence-corrected chi connectivity index (χ3v) is 6.08. The number of piperidine rings is 1. The maximum absolute atomic E-state index is 13.5. The first-order chi connectivity index (χ1) is 15.5. The predicted molar refractivity (Wildman–Crippen MR) is 122 cm³/mol. The van der Waals surface area contributed by atoms with Gasteiger partial charge in [0.15, 0.2) is 0 Å². The van der Waals surface area contributed by atoms with E-state index in [1.807, 2.05) is 30.3 Å². The van der Waals surface area contributed by atoms with E-state index in [4.69, 9.17) is 4.74 Å². The van der Waals surface area contributed by atoms with Gasteiger partial charge in [-0.05, 0) is 48.1 Å². The highest BCUT2D eigenvalue weighted by molar-refractivity contribution is 6.08. The fraction of sp³-hybridized carbons (Fsp3) is 0.308. The van der Waals surface area contributed by atoms with E-state index in [1.54, 1.807) is 42.2 Å². The number of rotatable bonds is 5. The Morgan fingerprint density at radius 3 is 2.62 bits per heavy atom. The highest BCUT2D eigenvalue weighted by Gasteiger charge is 2.31. The quantitative estimate of drug-likeness (QED) is 0.594. The van der Waals surface area contributed by atoms with Gasteiger partial charge in [0.25, 0.3) is 5.91 Å². The van der Waals surface area contributed by atoms with Gasteiger partial charge in [-0.2, -0.15) is 0 Å². The van der Waals surface area contributed by atoms with E-state index < -0.39 is 0 Å². The van der Waals surface area contributed by atoms with E-state index in [0.29, 0.717) is 25.2 Å². The number of methoxy groups -OCH3 is 1. The molecule has 2 amide bonds. The standard InChI is InChI=1S/C26H27FN2O3/c1-28(16-18-7-5-9-20(27)15-18)25(30)19-8-6-14-29(17-19)26(31)23-12-13-24(32-2)22-11-4-3-10-21(22)23/h3-5,7,9-13,15,19H,6,8,14,16-17H2,1-2H3/t19-/m1/s1. The molecular weight excluding hydrogens is 407 g/mol. The van der Waals surface area contributed by atoms with Crippen LogP contribution in [0.5, 0.6) is 5.75 Å². The number of hydrogen-bond acceptors (Lipinski definition) is 3. The first-order valence-electron chi connectivity index (χ1n) is 10.8. The van der Waals surface area contributed by atoms with Gasteiger partial charge in [0.2, 0.25) is 5.91 Å². The Balaban J connectivity index is 1.50. The van der Waals surface area contributed by atoms with E-state index in [2.05, 4.69) is 0 Å². The van der Waals surface area contributed by atoms with Gasteiger partial charge in [-0.3, -0.25) is 9.59 Å². The Hall–Kier alpha value is -3.41. The summed E-state index contributed by atoms with van der Waals surface area (Å²) >= 11 is 0. The Kier molecular flexibility index (Phi) is 6.40. The summed E-state index contributed by atoms with van der Waals surface area (Å²) in [7, 11) is 3.34. The maximum atomic E-state index is 13.5. The Labute approximate surface area is 187 Å². The summed E-state index contributed by atoms with van der Waals surface area (Å²) in [5.74, 6) is 0.0450. The maximum Gasteiger partial charge on any atom is 0.254 e. The molecule has 166 valence electrons. The molecule has 1 fully saturated rings. The zero-order chi connectivity index (χ0) is 22.7. The van der Waals surface area contributed by atoms with Crippen LogP contribution in [0.1, 0.15) is 28.8 Å². The van der Waals surface area contributed by atoms with Crippen molar-refractivity contribution in [2.75, 3.05) is 27.2 Å². The molecule has 0 aliphatic carbocycles. The zero-order valence-corrected chi connectivity index (χ0v) is 18.4. The number of hydrogen-bond donors (Lipinski definition) is 0. The number of ether oxygens (including phenoxy) is 1. The topological polar surface area (TPSA) is 49.9 Å². The molecule has 0 spiro atoms. The molecule has 1 atom stereocenters. The summed E-state index contributed by atoms with van der Waals surface area (Å²) in [6, 6.07) is 17.6. The van der Waals surface area contributed by atoms with Crippen molar-refractivity contribution in [3.63, 3.8) is 0 Å². The SMILES string of the molecule is COc1ccc(C(=O)N2CCC[C@@H](C(=O)N(C)Cc3cccc(F)c3)C2)c2ccccc12. The molecule has 1 aliphatic rings. The molecule has 0 aromatic heterocycles. The fourth-order valence-corrected chi connectivity index (χ4v) is 4.47. The molecule has 0 bridgehead atoms. The van der Waals surface area contributed by atoms with Gasteiger partial charge in [0.05, 0.1) is 13.0 Å². The van der Waals surface area contributed by atoms with Crippen molar-refractivity contribution >= 4 is 22.6 Å². The van der Waals surface area contributed by atoms with E-state index in [0.717, 1.165) is 34.9 Å². The monoisotopic (exact) mass is 434 g/mol. The smallest absolute Gasteiger partial charge is 0.254 e. The normalized spacial score (nSPS) is 16.1. The molecule has 6 heteroatoms. The molecule has 0 saturated carbocycles. The van der Waals surface area contributed by atoms with Crippen molar-refractivity contribution in [1.29, 1.82) is 0 Å². The summed E-state index contributed by atoms with van der Waals surface area (Å²) in [5.41, 5.74) is 1.36. The van der Waals surface area contributed by atoms with E-state index in [1.165, 1.54) is 12.1 Å². The second-order valence-corrected chi connectivity index (χ2v) is 8.28. The number of benzene rings is 3. The van der Waals surface area contributed by atoms with Gasteiger partial charge in [-0.1, -0.05) is 36.4 Å². The molecule has 3 aromatic rings. The van der Waals surface area contributed by atoms with Crippen LogP contribution in [0.15, 0.2) is 60.7 Å². The minimum absolute atomic E-state index is 0.0219. The molecule has 3 aromatic carbocycles. The molecule has 32 heavy (non-hydrogen) atoms. The van der Waals surface area contributed by atoms with Crippen molar-refractivity contribution in [1.82, 2.24) is 9.80 Å². The Morgan fingerprint density at radius 1 is 1.09 bits per heavy atom. The van der Waals surface area contributed by atoms with Crippen LogP contribution in [0, 0.1) is 11.7 Å². The molecule has 0 radical (unpaired) electrons. The van der Waals surface area contributed by atoms with Crippen LogP contribution in [0.4, 0.5) is 4.39 Å². The number of likely N-dealkylation sites (tertiary alicyclic amines) is 1. The summed E-state index contributed by atoms with van der Waals surface area (Å²) in [6.45, 7) is 1.34. The molecule has 1 heterocycles. The number of carbonyl (C=O) groups excluding carboxylic acids is 2. The van der Waals surface area contributed by atoms with Crippen LogP contribution in [0.3, 0.4) is 0 Å². The number of nitrogens with zero attached hydrogens (tertiary/aromatic N) is 2. The van der Waals surface area contributed by atoms with Crippen LogP contribution in [0.2, 0.25) is 0 Å². The van der Waals surface area contributed by atoms with Crippen LogP contribution in [-0.2, 0) is 11.3 Å². The largest absolute Gasteiger partial charge is 0.496 e. The van der Waals surface area contributed by atoms with Gasteiger partial charge >= 0.3 is 0 Å². The zero-order valence-electron chi connectivity index (χ0n) is 18.4. The summed E-state index contributed by atoms with van der Waals surface area (Å²) in [5, 5.41) is 1.73. The number of fused-ring (bicyclic) bond motifs is 1. The van der Waals surface area contributed by atoms with E-state index in [9.17, 15) is 14.0 Å². The molecular formula is C26H27FN2O3. The number of amides is 2. The van der Waals surface area contributed by atoms with Gasteiger partial charge in [0.1, 0.15) is 11.6 Å². The fourth-order valence-electron chi connectivity index (χ4n) is 4.47. The minimum atomic E-state index is -0.315. The summed E-state index contributed by atoms with van der Waals surface area (Å²) in [4.78, 5) is 29.9. The van der Waals surface area contributed by atoms with Gasteiger partial charge < -0.3 is 14.5 Å². The van der Waals surface area contributed by atoms with Crippen molar-refractivity contribution in [2.24, 2.45) is 5.92 Å². The number of carbonyl (C=O) groups is 2. The van der Waals surface area contributed by atoms with Gasteiger partial charge in [0, 0.05) is 37.6 Å². The highest BCUT2D eigenvalue weighted by atomic mass is 19.1. The van der Waals surface area contributed by atoms with Crippen LogP contribution in [0.25, 0.3) is 10.8 Å². The predicted octanol–water partition coefficient (Wildman–Crippen LogP) is 4.50. The minimum Gasteiger partial charge on any atom is -0.496 e. The van der Waals surface area contributed by atoms with Crippen LogP contribution >= 0.6 is 0 Å². The third-order valence-electron chi connectivity index (χ3n) is 6.08. The average Bonchev–Trinajstić information content (AvgIpc) is 2.82. The summed E-state index contributed by atoms with van der Waals surface area (Å²) < 4.78 is 18.9. The highest BCUT2D eigenvalue weighted by Crippen LogP contribution is 2.30. The molecule has 0 N–H and O–H groups in total. The van der Waals surface area contributed by atoms with Crippen LogP contribution in [-0.4, -0.2) is 48.9 Å². The molecule has 1 aliphatic heterocycles.